The number of rotatable bonds is 7. The van der Waals surface area contributed by atoms with Gasteiger partial charge in [0.25, 0.3) is 0 Å². The van der Waals surface area contributed by atoms with E-state index in [1.54, 1.807) is 37.5 Å². The molecule has 2 heterocycles. The van der Waals surface area contributed by atoms with Crippen molar-refractivity contribution < 1.29 is 14.6 Å². The Balaban J connectivity index is 2.00. The number of carbonyl (C=O) groups is 1. The summed E-state index contributed by atoms with van der Waals surface area (Å²) in [5, 5.41) is 15.1. The third-order valence-electron chi connectivity index (χ3n) is 3.99. The van der Waals surface area contributed by atoms with Gasteiger partial charge in [-0.15, -0.1) is 17.9 Å². The third kappa shape index (κ3) is 4.15. The summed E-state index contributed by atoms with van der Waals surface area (Å²) in [6, 6.07) is 8.43. The van der Waals surface area contributed by atoms with Crippen molar-refractivity contribution in [3.63, 3.8) is 0 Å². The van der Waals surface area contributed by atoms with Crippen LogP contribution in [0.5, 0.6) is 5.06 Å². The maximum atomic E-state index is 11.0. The molecule has 0 aliphatic heterocycles. The van der Waals surface area contributed by atoms with Gasteiger partial charge in [-0.05, 0) is 37.6 Å². The minimum absolute atomic E-state index is 0.233. The van der Waals surface area contributed by atoms with E-state index in [1.165, 1.54) is 11.3 Å². The maximum absolute atomic E-state index is 11.0. The number of anilines is 2. The lowest BCUT2D eigenvalue weighted by Gasteiger charge is -2.14. The highest BCUT2D eigenvalue weighted by molar-refractivity contribution is 7.12. The smallest absolute Gasteiger partial charge is 0.335 e. The Bertz CT molecular complexity index is 981. The van der Waals surface area contributed by atoms with Gasteiger partial charge in [0.15, 0.2) is 10.9 Å². The van der Waals surface area contributed by atoms with Crippen LogP contribution in [0.1, 0.15) is 21.6 Å². The molecule has 2 aromatic heterocycles. The van der Waals surface area contributed by atoms with Crippen LogP contribution in [0.4, 0.5) is 11.5 Å². The monoisotopic (exact) mass is 381 g/mol. The molecule has 6 nitrogen and oxygen atoms in total. The van der Waals surface area contributed by atoms with Crippen LogP contribution in [-0.2, 0) is 6.42 Å². The summed E-state index contributed by atoms with van der Waals surface area (Å²) in [5.74, 6) is 0.315. The minimum Gasteiger partial charge on any atom is -0.487 e. The number of carboxylic acids is 1. The number of hydrogen-bond acceptors (Lipinski definition) is 6. The first-order valence-corrected chi connectivity index (χ1v) is 9.11. The van der Waals surface area contributed by atoms with E-state index in [4.69, 9.17) is 9.84 Å². The summed E-state index contributed by atoms with van der Waals surface area (Å²) in [6.45, 7) is 5.74. The van der Waals surface area contributed by atoms with Crippen molar-refractivity contribution in [2.24, 2.45) is 0 Å². The molecule has 0 unspecified atom stereocenters. The number of thiophene rings is 1. The van der Waals surface area contributed by atoms with Gasteiger partial charge in [-0.2, -0.15) is 0 Å². The normalized spacial score (nSPS) is 10.4. The number of aromatic carboxylic acids is 1. The number of allylic oxidation sites excluding steroid dienone is 1. The number of ether oxygens (including phenoxy) is 1. The van der Waals surface area contributed by atoms with Crippen LogP contribution >= 0.6 is 11.3 Å². The van der Waals surface area contributed by atoms with Crippen molar-refractivity contribution >= 4 is 28.8 Å². The predicted molar refractivity (Wildman–Crippen MR) is 107 cm³/mol. The van der Waals surface area contributed by atoms with Gasteiger partial charge in [-0.3, -0.25) is 0 Å². The van der Waals surface area contributed by atoms with Crippen LogP contribution in [0.2, 0.25) is 0 Å². The van der Waals surface area contributed by atoms with Crippen molar-refractivity contribution in [3.8, 4) is 16.5 Å². The number of carboxylic acid groups (broad SMARTS) is 1. The molecule has 0 bridgehead atoms. The first-order valence-electron chi connectivity index (χ1n) is 8.23. The van der Waals surface area contributed by atoms with Gasteiger partial charge in [0.2, 0.25) is 0 Å². The summed E-state index contributed by atoms with van der Waals surface area (Å²) in [7, 11) is 1.63. The summed E-state index contributed by atoms with van der Waals surface area (Å²) in [6.07, 6.45) is 2.42. The van der Waals surface area contributed by atoms with Crippen LogP contribution < -0.4 is 10.1 Å². The zero-order chi connectivity index (χ0) is 19.4. The average molecular weight is 381 g/mol. The van der Waals surface area contributed by atoms with Gasteiger partial charge in [-0.25, -0.2) is 14.8 Å². The van der Waals surface area contributed by atoms with Gasteiger partial charge in [-0.1, -0.05) is 6.08 Å². The number of benzene rings is 1. The lowest BCUT2D eigenvalue weighted by atomic mass is 10.1. The molecule has 0 saturated heterocycles. The molecule has 2 N–H and O–H groups in total. The Morgan fingerprint density at radius 3 is 2.67 bits per heavy atom. The summed E-state index contributed by atoms with van der Waals surface area (Å²) in [4.78, 5) is 20.3. The molecule has 0 aliphatic carbocycles. The molecule has 3 aromatic rings. The van der Waals surface area contributed by atoms with Gasteiger partial charge < -0.3 is 15.2 Å². The fraction of sp³-hybridized carbons (Fsp3) is 0.150. The molecule has 3 rings (SSSR count). The molecular formula is C20H19N3O3S. The molecule has 138 valence electrons. The molecule has 0 fully saturated rings. The highest BCUT2D eigenvalue weighted by Gasteiger charge is 2.14. The lowest BCUT2D eigenvalue weighted by molar-refractivity contribution is 0.0697. The third-order valence-corrected chi connectivity index (χ3v) is 4.88. The molecule has 0 saturated carbocycles. The molecular weight excluding hydrogens is 362 g/mol. The second-order valence-corrected chi connectivity index (χ2v) is 6.69. The van der Waals surface area contributed by atoms with E-state index >= 15 is 0 Å². The van der Waals surface area contributed by atoms with Crippen LogP contribution in [0.25, 0.3) is 11.4 Å². The van der Waals surface area contributed by atoms with E-state index in [9.17, 15) is 4.79 Å². The molecule has 7 heteroatoms. The lowest BCUT2D eigenvalue weighted by Crippen LogP contribution is -2.05. The number of aromatic nitrogens is 2. The standard InChI is InChI=1S/C20H19N3O3S/c1-4-5-16-12(2)21-18(14-10-17(26-3)27-11-14)23-19(16)22-15-8-6-13(7-9-15)20(24)25/h4,6-11H,1,5H2,2-3H3,(H,24,25)(H,21,22,23). The van der Waals surface area contributed by atoms with E-state index in [2.05, 4.69) is 21.9 Å². The number of nitrogens with one attached hydrogen (secondary N) is 1. The highest BCUT2D eigenvalue weighted by atomic mass is 32.1. The number of methoxy groups -OCH3 is 1. The van der Waals surface area contributed by atoms with Crippen LogP contribution in [0.15, 0.2) is 48.4 Å². The molecule has 1 aromatic carbocycles. The van der Waals surface area contributed by atoms with Crippen LogP contribution in [0.3, 0.4) is 0 Å². The van der Waals surface area contributed by atoms with Gasteiger partial charge in [0.1, 0.15) is 5.82 Å². The van der Waals surface area contributed by atoms with Crippen molar-refractivity contribution in [2.45, 2.75) is 13.3 Å². The van der Waals surface area contributed by atoms with Crippen LogP contribution in [-0.4, -0.2) is 28.2 Å². The van der Waals surface area contributed by atoms with E-state index in [0.717, 1.165) is 27.6 Å². The first-order chi connectivity index (χ1) is 13.0. The quantitative estimate of drug-likeness (QED) is 0.578. The molecule has 0 aliphatic rings. The zero-order valence-corrected chi connectivity index (χ0v) is 15.8. The van der Waals surface area contributed by atoms with E-state index in [-0.39, 0.29) is 5.56 Å². The SMILES string of the molecule is C=CCc1c(C)nc(-c2csc(OC)c2)nc1Nc1ccc(C(=O)O)cc1. The Labute approximate surface area is 161 Å². The summed E-state index contributed by atoms with van der Waals surface area (Å²) >= 11 is 1.48. The predicted octanol–water partition coefficient (Wildman–Crippen LogP) is 4.69. The highest BCUT2D eigenvalue weighted by Crippen LogP contribution is 2.31. The van der Waals surface area contributed by atoms with E-state index < -0.39 is 5.97 Å². The van der Waals surface area contributed by atoms with Gasteiger partial charge in [0.05, 0.1) is 12.7 Å². The van der Waals surface area contributed by atoms with Crippen LogP contribution in [0, 0.1) is 6.92 Å². The fourth-order valence-electron chi connectivity index (χ4n) is 2.59. The Kier molecular flexibility index (Phi) is 5.52. The Hall–Kier alpha value is -3.19. The summed E-state index contributed by atoms with van der Waals surface area (Å²) in [5.41, 5.74) is 3.66. The Morgan fingerprint density at radius 2 is 2.07 bits per heavy atom. The first kappa shape index (κ1) is 18.6. The molecule has 27 heavy (non-hydrogen) atoms. The van der Waals surface area contributed by atoms with Crippen molar-refractivity contribution in [1.82, 2.24) is 9.97 Å². The van der Waals surface area contributed by atoms with Gasteiger partial charge >= 0.3 is 5.97 Å². The zero-order valence-electron chi connectivity index (χ0n) is 15.0. The van der Waals surface area contributed by atoms with Crippen molar-refractivity contribution in [1.29, 1.82) is 0 Å². The Morgan fingerprint density at radius 1 is 1.33 bits per heavy atom. The number of hydrogen-bond donors (Lipinski definition) is 2. The number of aryl methyl sites for hydroxylation is 1. The summed E-state index contributed by atoms with van der Waals surface area (Å²) < 4.78 is 5.25. The van der Waals surface area contributed by atoms with Crippen molar-refractivity contribution in [3.05, 3.63) is 65.2 Å². The second kappa shape index (κ2) is 8.01. The molecule has 0 amide bonds. The van der Waals surface area contributed by atoms with Crippen molar-refractivity contribution in [2.75, 3.05) is 12.4 Å². The molecule has 0 spiro atoms. The second-order valence-electron chi connectivity index (χ2n) is 5.82. The molecule has 0 atom stereocenters. The van der Waals surface area contributed by atoms with E-state index in [0.29, 0.717) is 18.1 Å². The molecule has 0 radical (unpaired) electrons. The van der Waals surface area contributed by atoms with E-state index in [1.807, 2.05) is 18.4 Å². The minimum atomic E-state index is -0.958. The number of nitrogens with zero attached hydrogens (tertiary/aromatic N) is 2. The largest absolute Gasteiger partial charge is 0.487 e. The maximum Gasteiger partial charge on any atom is 0.335 e. The van der Waals surface area contributed by atoms with Gasteiger partial charge in [0, 0.05) is 34.0 Å². The topological polar surface area (TPSA) is 84.3 Å². The average Bonchev–Trinajstić information content (AvgIpc) is 3.14. The fourth-order valence-corrected chi connectivity index (χ4v) is 3.30.